The quantitative estimate of drug-likeness (QED) is 0.634. The summed E-state index contributed by atoms with van der Waals surface area (Å²) >= 11 is 3.70. The average Bonchev–Trinajstić information content (AvgIpc) is 3.31. The fourth-order valence-corrected chi connectivity index (χ4v) is 5.00. The normalized spacial score (nSPS) is 32.8. The van der Waals surface area contributed by atoms with Gasteiger partial charge in [0.25, 0.3) is 0 Å². The number of halogens is 1. The summed E-state index contributed by atoms with van der Waals surface area (Å²) in [5.74, 6) is 0.805. The van der Waals surface area contributed by atoms with Gasteiger partial charge in [-0.1, -0.05) is 58.4 Å². The van der Waals surface area contributed by atoms with Crippen LogP contribution in [0.2, 0.25) is 0 Å². The number of fused-ring (bicyclic) bond motifs is 3. The minimum absolute atomic E-state index is 0.452. The summed E-state index contributed by atoms with van der Waals surface area (Å²) in [5, 5.41) is 2.82. The van der Waals surface area contributed by atoms with E-state index in [0.717, 1.165) is 5.92 Å². The molecule has 2 saturated carbocycles. The van der Waals surface area contributed by atoms with Gasteiger partial charge < -0.3 is 0 Å². The van der Waals surface area contributed by atoms with Gasteiger partial charge in [-0.15, -0.1) is 0 Å². The van der Waals surface area contributed by atoms with Crippen molar-refractivity contribution in [2.75, 3.05) is 0 Å². The number of hydrogen-bond acceptors (Lipinski definition) is 0. The molecule has 3 aliphatic rings. The standard InChI is InChI=1S/C18H15Br/c19-16-6-5-15(13-3-1-2-4-14(13)16)18-11-12(18)7-8-17(18)9-10-17/h1-8,12H,9-11H2. The van der Waals surface area contributed by atoms with Crippen LogP contribution in [-0.4, -0.2) is 0 Å². The predicted molar refractivity (Wildman–Crippen MR) is 82.2 cm³/mol. The van der Waals surface area contributed by atoms with E-state index in [1.807, 2.05) is 0 Å². The van der Waals surface area contributed by atoms with Crippen LogP contribution in [0, 0.1) is 11.3 Å². The van der Waals surface area contributed by atoms with E-state index in [-0.39, 0.29) is 0 Å². The van der Waals surface area contributed by atoms with Crippen LogP contribution in [-0.2, 0) is 5.41 Å². The van der Waals surface area contributed by atoms with E-state index in [4.69, 9.17) is 0 Å². The van der Waals surface area contributed by atoms with Crippen molar-refractivity contribution in [1.82, 2.24) is 0 Å². The fraction of sp³-hybridized carbons (Fsp3) is 0.333. The third kappa shape index (κ3) is 1.12. The summed E-state index contributed by atoms with van der Waals surface area (Å²) in [6.45, 7) is 0. The van der Waals surface area contributed by atoms with E-state index >= 15 is 0 Å². The maximum absolute atomic E-state index is 3.70. The third-order valence-corrected chi connectivity index (χ3v) is 6.38. The Labute approximate surface area is 121 Å². The van der Waals surface area contributed by atoms with Crippen molar-refractivity contribution in [2.45, 2.75) is 24.7 Å². The number of hydrogen-bond donors (Lipinski definition) is 0. The van der Waals surface area contributed by atoms with Gasteiger partial charge in [-0.2, -0.15) is 0 Å². The van der Waals surface area contributed by atoms with E-state index in [1.54, 1.807) is 5.56 Å². The predicted octanol–water partition coefficient (Wildman–Crippen LogP) is 5.21. The Bertz CT molecular complexity index is 738. The van der Waals surface area contributed by atoms with Gasteiger partial charge in [0.2, 0.25) is 0 Å². The van der Waals surface area contributed by atoms with Crippen LogP contribution < -0.4 is 0 Å². The number of allylic oxidation sites excluding steroid dienone is 2. The van der Waals surface area contributed by atoms with Gasteiger partial charge in [0.15, 0.2) is 0 Å². The van der Waals surface area contributed by atoms with E-state index in [2.05, 4.69) is 64.5 Å². The first-order valence-corrected chi connectivity index (χ1v) is 7.93. The summed E-state index contributed by atoms with van der Waals surface area (Å²) in [6.07, 6.45) is 9.17. The zero-order valence-corrected chi connectivity index (χ0v) is 12.3. The van der Waals surface area contributed by atoms with Gasteiger partial charge >= 0.3 is 0 Å². The summed E-state index contributed by atoms with van der Waals surface area (Å²) in [5.41, 5.74) is 2.57. The molecule has 0 nitrogen and oxygen atoms in total. The van der Waals surface area contributed by atoms with Crippen molar-refractivity contribution < 1.29 is 0 Å². The lowest BCUT2D eigenvalue weighted by molar-refractivity contribution is 0.479. The van der Waals surface area contributed by atoms with Gasteiger partial charge in [-0.3, -0.25) is 0 Å². The molecule has 0 heterocycles. The third-order valence-electron chi connectivity index (χ3n) is 5.69. The first-order valence-electron chi connectivity index (χ1n) is 7.14. The Morgan fingerprint density at radius 3 is 2.53 bits per heavy atom. The van der Waals surface area contributed by atoms with E-state index < -0.39 is 0 Å². The Hall–Kier alpha value is -1.08. The molecule has 0 aromatic heterocycles. The second kappa shape index (κ2) is 3.15. The second-order valence-corrected chi connectivity index (χ2v) is 7.29. The van der Waals surface area contributed by atoms with Gasteiger partial charge in [0.05, 0.1) is 0 Å². The van der Waals surface area contributed by atoms with E-state index in [9.17, 15) is 0 Å². The maximum Gasteiger partial charge on any atom is 0.0253 e. The molecule has 0 radical (unpaired) electrons. The van der Waals surface area contributed by atoms with Crippen LogP contribution in [0.25, 0.3) is 10.8 Å². The van der Waals surface area contributed by atoms with Gasteiger partial charge in [0.1, 0.15) is 0 Å². The van der Waals surface area contributed by atoms with Crippen molar-refractivity contribution in [2.24, 2.45) is 11.3 Å². The maximum atomic E-state index is 3.70. The highest BCUT2D eigenvalue weighted by Gasteiger charge is 2.73. The monoisotopic (exact) mass is 310 g/mol. The van der Waals surface area contributed by atoms with Crippen molar-refractivity contribution in [3.8, 4) is 0 Å². The molecule has 3 aliphatic carbocycles. The van der Waals surface area contributed by atoms with Crippen molar-refractivity contribution in [3.05, 3.63) is 58.6 Å². The largest absolute Gasteiger partial charge is 0.0839 e. The second-order valence-electron chi connectivity index (χ2n) is 6.44. The molecule has 0 N–H and O–H groups in total. The Morgan fingerprint density at radius 2 is 1.79 bits per heavy atom. The van der Waals surface area contributed by atoms with Crippen molar-refractivity contribution in [3.63, 3.8) is 0 Å². The number of benzene rings is 2. The molecule has 0 amide bonds. The molecule has 94 valence electrons. The molecule has 2 fully saturated rings. The summed E-state index contributed by atoms with van der Waals surface area (Å²) in [6, 6.07) is 13.5. The van der Waals surface area contributed by atoms with Gasteiger partial charge in [-0.05, 0) is 53.0 Å². The molecular formula is C18H15Br. The molecule has 1 spiro atoms. The van der Waals surface area contributed by atoms with Gasteiger partial charge in [0, 0.05) is 9.89 Å². The molecule has 19 heavy (non-hydrogen) atoms. The topological polar surface area (TPSA) is 0 Å². The van der Waals surface area contributed by atoms with Crippen LogP contribution in [0.4, 0.5) is 0 Å². The molecule has 0 bridgehead atoms. The Morgan fingerprint density at radius 1 is 1.00 bits per heavy atom. The average molecular weight is 311 g/mol. The lowest BCUT2D eigenvalue weighted by Gasteiger charge is -2.24. The minimum Gasteiger partial charge on any atom is -0.0839 e. The molecule has 2 aromatic rings. The molecule has 2 unspecified atom stereocenters. The molecule has 2 aromatic carbocycles. The number of rotatable bonds is 1. The highest BCUT2D eigenvalue weighted by molar-refractivity contribution is 9.10. The van der Waals surface area contributed by atoms with Crippen LogP contribution >= 0.6 is 15.9 Å². The van der Waals surface area contributed by atoms with Crippen LogP contribution in [0.3, 0.4) is 0 Å². The van der Waals surface area contributed by atoms with Crippen molar-refractivity contribution >= 4 is 26.7 Å². The summed E-state index contributed by atoms with van der Waals surface area (Å²) < 4.78 is 1.22. The minimum atomic E-state index is 0.452. The molecular weight excluding hydrogens is 296 g/mol. The molecule has 1 heteroatoms. The molecule has 0 aliphatic heterocycles. The molecule has 2 atom stereocenters. The first kappa shape index (κ1) is 10.7. The SMILES string of the molecule is Brc1ccc(C23CC2C=CC32CC2)c2ccccc12. The van der Waals surface area contributed by atoms with Gasteiger partial charge in [-0.25, -0.2) is 0 Å². The smallest absolute Gasteiger partial charge is 0.0253 e. The lowest BCUT2D eigenvalue weighted by atomic mass is 9.79. The zero-order valence-electron chi connectivity index (χ0n) is 10.7. The lowest BCUT2D eigenvalue weighted by Crippen LogP contribution is -2.19. The fourth-order valence-electron chi connectivity index (χ4n) is 4.52. The van der Waals surface area contributed by atoms with E-state index in [0.29, 0.717) is 10.8 Å². The Balaban J connectivity index is 1.82. The highest BCUT2D eigenvalue weighted by Crippen LogP contribution is 2.78. The highest BCUT2D eigenvalue weighted by atomic mass is 79.9. The summed E-state index contributed by atoms with van der Waals surface area (Å²) in [4.78, 5) is 0. The first-order chi connectivity index (χ1) is 9.27. The molecule has 0 saturated heterocycles. The molecule has 5 rings (SSSR count). The van der Waals surface area contributed by atoms with Crippen LogP contribution in [0.15, 0.2) is 53.0 Å². The zero-order chi connectivity index (χ0) is 12.7. The van der Waals surface area contributed by atoms with Crippen LogP contribution in [0.1, 0.15) is 24.8 Å². The van der Waals surface area contributed by atoms with Crippen molar-refractivity contribution in [1.29, 1.82) is 0 Å². The van der Waals surface area contributed by atoms with E-state index in [1.165, 1.54) is 34.5 Å². The summed E-state index contributed by atoms with van der Waals surface area (Å²) in [7, 11) is 0. The van der Waals surface area contributed by atoms with Crippen LogP contribution in [0.5, 0.6) is 0 Å². The Kier molecular flexibility index (Phi) is 1.77.